The average molecular weight is 394 g/mol. The summed E-state index contributed by atoms with van der Waals surface area (Å²) < 4.78 is 1.85. The zero-order chi connectivity index (χ0) is 19.8. The van der Waals surface area contributed by atoms with Crippen LogP contribution in [0.15, 0.2) is 24.4 Å². The number of hydrogen-bond acceptors (Lipinski definition) is 4. The van der Waals surface area contributed by atoms with Crippen LogP contribution in [0.1, 0.15) is 55.7 Å². The van der Waals surface area contributed by atoms with Crippen molar-refractivity contribution in [3.63, 3.8) is 0 Å². The van der Waals surface area contributed by atoms with Crippen LogP contribution in [-0.4, -0.2) is 41.9 Å². The topological polar surface area (TPSA) is 53.4 Å². The minimum atomic E-state index is -0.106. The third kappa shape index (κ3) is 3.49. The Morgan fingerprint density at radius 2 is 1.62 bits per heavy atom. The van der Waals surface area contributed by atoms with Crippen molar-refractivity contribution in [2.75, 3.05) is 41.3 Å². The molecular weight excluding hydrogens is 362 g/mol. The number of amides is 1. The maximum absolute atomic E-state index is 13.5. The lowest BCUT2D eigenvalue weighted by molar-refractivity contribution is -0.117. The number of carbonyl (C=O) groups excluding carboxylic acids is 1. The molecule has 154 valence electrons. The first-order valence-corrected chi connectivity index (χ1v) is 11.2. The molecule has 1 aliphatic carbocycles. The molecule has 3 heterocycles. The van der Waals surface area contributed by atoms with Crippen LogP contribution in [0.2, 0.25) is 0 Å². The van der Waals surface area contributed by atoms with E-state index >= 15 is 0 Å². The standard InChI is InChI=1S/C23H31N5O/c1-26-16-18-17(8-6-9-19(18)25-26)23(29)24-22-20(27-12-2-3-13-27)10-7-11-21(22)28-14-4-5-15-28/h7,10-11,16-17H,2-6,8-9,12-15H2,1H3,(H,24,29). The van der Waals surface area contributed by atoms with Gasteiger partial charge < -0.3 is 15.1 Å². The smallest absolute Gasteiger partial charge is 0.232 e. The largest absolute Gasteiger partial charge is 0.370 e. The van der Waals surface area contributed by atoms with E-state index in [1.807, 2.05) is 17.9 Å². The number of nitrogens with zero attached hydrogens (tertiary/aromatic N) is 4. The third-order valence-corrected chi connectivity index (χ3v) is 6.70. The van der Waals surface area contributed by atoms with Gasteiger partial charge in [-0.2, -0.15) is 5.10 Å². The monoisotopic (exact) mass is 393 g/mol. The van der Waals surface area contributed by atoms with Gasteiger partial charge in [0.15, 0.2) is 0 Å². The van der Waals surface area contributed by atoms with Crippen molar-refractivity contribution in [2.24, 2.45) is 7.05 Å². The summed E-state index contributed by atoms with van der Waals surface area (Å²) in [6, 6.07) is 6.50. The Labute approximate surface area is 172 Å². The second-order valence-corrected chi connectivity index (χ2v) is 8.70. The van der Waals surface area contributed by atoms with Crippen LogP contribution < -0.4 is 15.1 Å². The van der Waals surface area contributed by atoms with Crippen molar-refractivity contribution in [3.05, 3.63) is 35.7 Å². The number of benzene rings is 1. The van der Waals surface area contributed by atoms with Crippen molar-refractivity contribution in [1.82, 2.24) is 9.78 Å². The number of nitrogens with one attached hydrogen (secondary N) is 1. The predicted molar refractivity (Wildman–Crippen MR) is 117 cm³/mol. The summed E-state index contributed by atoms with van der Waals surface area (Å²) in [4.78, 5) is 18.4. The van der Waals surface area contributed by atoms with Crippen molar-refractivity contribution < 1.29 is 4.79 Å². The van der Waals surface area contributed by atoms with Gasteiger partial charge in [-0.05, 0) is 57.1 Å². The normalized spacial score (nSPS) is 21.5. The van der Waals surface area contributed by atoms with Gasteiger partial charge in [0.05, 0.1) is 28.7 Å². The van der Waals surface area contributed by atoms with E-state index in [2.05, 4.69) is 38.4 Å². The summed E-state index contributed by atoms with van der Waals surface area (Å²) in [7, 11) is 1.95. The van der Waals surface area contributed by atoms with Gasteiger partial charge >= 0.3 is 0 Å². The van der Waals surface area contributed by atoms with Gasteiger partial charge in [0.25, 0.3) is 0 Å². The molecule has 1 atom stereocenters. The first kappa shape index (κ1) is 18.5. The quantitative estimate of drug-likeness (QED) is 0.861. The molecule has 6 heteroatoms. The number of anilines is 3. The van der Waals surface area contributed by atoms with E-state index in [4.69, 9.17) is 0 Å². The molecule has 5 rings (SSSR count). The fourth-order valence-corrected chi connectivity index (χ4v) is 5.25. The van der Waals surface area contributed by atoms with E-state index < -0.39 is 0 Å². The molecular formula is C23H31N5O. The van der Waals surface area contributed by atoms with Gasteiger partial charge in [-0.1, -0.05) is 6.07 Å². The van der Waals surface area contributed by atoms with E-state index in [1.165, 1.54) is 37.1 Å². The predicted octanol–water partition coefficient (Wildman–Crippen LogP) is 3.68. The Kier molecular flexibility index (Phi) is 4.94. The molecule has 29 heavy (non-hydrogen) atoms. The molecule has 2 saturated heterocycles. The molecule has 0 saturated carbocycles. The summed E-state index contributed by atoms with van der Waals surface area (Å²) in [5.41, 5.74) is 5.58. The van der Waals surface area contributed by atoms with Crippen molar-refractivity contribution in [3.8, 4) is 0 Å². The lowest BCUT2D eigenvalue weighted by Crippen LogP contribution is -2.28. The van der Waals surface area contributed by atoms with Gasteiger partial charge in [0.2, 0.25) is 5.91 Å². The molecule has 0 bridgehead atoms. The first-order chi connectivity index (χ1) is 14.2. The van der Waals surface area contributed by atoms with E-state index in [1.54, 1.807) is 0 Å². The first-order valence-electron chi connectivity index (χ1n) is 11.2. The molecule has 2 aromatic rings. The van der Waals surface area contributed by atoms with E-state index in [-0.39, 0.29) is 11.8 Å². The van der Waals surface area contributed by atoms with Crippen LogP contribution in [0.5, 0.6) is 0 Å². The minimum Gasteiger partial charge on any atom is -0.370 e. The Hall–Kier alpha value is -2.50. The van der Waals surface area contributed by atoms with Crippen LogP contribution in [-0.2, 0) is 18.3 Å². The molecule has 2 fully saturated rings. The number of carbonyl (C=O) groups is 1. The van der Waals surface area contributed by atoms with Crippen molar-refractivity contribution >= 4 is 23.0 Å². The molecule has 1 aromatic heterocycles. The lowest BCUT2D eigenvalue weighted by atomic mass is 9.86. The number of fused-ring (bicyclic) bond motifs is 1. The molecule has 0 radical (unpaired) electrons. The van der Waals surface area contributed by atoms with E-state index in [0.717, 1.165) is 62.4 Å². The zero-order valence-corrected chi connectivity index (χ0v) is 17.4. The van der Waals surface area contributed by atoms with Crippen molar-refractivity contribution in [1.29, 1.82) is 0 Å². The molecule has 1 N–H and O–H groups in total. The van der Waals surface area contributed by atoms with E-state index in [0.29, 0.717) is 0 Å². The molecule has 1 amide bonds. The highest BCUT2D eigenvalue weighted by Gasteiger charge is 2.31. The highest BCUT2D eigenvalue weighted by atomic mass is 16.1. The molecule has 0 spiro atoms. The van der Waals surface area contributed by atoms with Crippen LogP contribution in [0.4, 0.5) is 17.1 Å². The Morgan fingerprint density at radius 1 is 1.00 bits per heavy atom. The number of aromatic nitrogens is 2. The molecule has 6 nitrogen and oxygen atoms in total. The number of para-hydroxylation sites is 1. The zero-order valence-electron chi connectivity index (χ0n) is 17.4. The fraction of sp³-hybridized carbons (Fsp3) is 0.565. The molecule has 1 aromatic carbocycles. The number of rotatable bonds is 4. The summed E-state index contributed by atoms with van der Waals surface area (Å²) >= 11 is 0. The SMILES string of the molecule is Cn1cc2c(n1)CCCC2C(=O)Nc1c(N2CCCC2)cccc1N1CCCC1. The molecule has 3 aliphatic rings. The second-order valence-electron chi connectivity index (χ2n) is 8.70. The van der Waals surface area contributed by atoms with Crippen LogP contribution in [0, 0.1) is 0 Å². The van der Waals surface area contributed by atoms with Crippen molar-refractivity contribution in [2.45, 2.75) is 50.9 Å². The van der Waals surface area contributed by atoms with Crippen LogP contribution in [0.25, 0.3) is 0 Å². The second kappa shape index (κ2) is 7.73. The average Bonchev–Trinajstić information content (AvgIpc) is 3.48. The molecule has 2 aliphatic heterocycles. The van der Waals surface area contributed by atoms with Gasteiger partial charge in [-0.3, -0.25) is 9.48 Å². The Morgan fingerprint density at radius 3 is 2.24 bits per heavy atom. The minimum absolute atomic E-state index is 0.106. The van der Waals surface area contributed by atoms with Gasteiger partial charge in [-0.25, -0.2) is 0 Å². The summed E-state index contributed by atoms with van der Waals surface area (Å²) in [5.74, 6) is 0.0107. The summed E-state index contributed by atoms with van der Waals surface area (Å²) in [6.07, 6.45) is 9.83. The Bertz CT molecular complexity index is 858. The van der Waals surface area contributed by atoms with Gasteiger partial charge in [-0.15, -0.1) is 0 Å². The van der Waals surface area contributed by atoms with Gasteiger partial charge in [0, 0.05) is 45.0 Å². The van der Waals surface area contributed by atoms with E-state index in [9.17, 15) is 4.79 Å². The summed E-state index contributed by atoms with van der Waals surface area (Å²) in [5, 5.41) is 7.97. The number of aryl methyl sites for hydroxylation is 2. The highest BCUT2D eigenvalue weighted by molar-refractivity contribution is 6.02. The van der Waals surface area contributed by atoms with Gasteiger partial charge in [0.1, 0.15) is 0 Å². The lowest BCUT2D eigenvalue weighted by Gasteiger charge is -2.29. The third-order valence-electron chi connectivity index (χ3n) is 6.70. The Balaban J connectivity index is 1.48. The van der Waals surface area contributed by atoms with Crippen LogP contribution >= 0.6 is 0 Å². The fourth-order valence-electron chi connectivity index (χ4n) is 5.25. The molecule has 1 unspecified atom stereocenters. The highest BCUT2D eigenvalue weighted by Crippen LogP contribution is 2.40. The summed E-state index contributed by atoms with van der Waals surface area (Å²) in [6.45, 7) is 4.29. The maximum atomic E-state index is 13.5. The van der Waals surface area contributed by atoms with Crippen LogP contribution in [0.3, 0.4) is 0 Å². The maximum Gasteiger partial charge on any atom is 0.232 e. The number of hydrogen-bond donors (Lipinski definition) is 1.